The highest BCUT2D eigenvalue weighted by molar-refractivity contribution is 7.89. The van der Waals surface area contributed by atoms with Gasteiger partial charge in [0.05, 0.1) is 7.11 Å². The number of nitrogens with zero attached hydrogens (tertiary/aromatic N) is 1. The number of halogens is 4. The van der Waals surface area contributed by atoms with Gasteiger partial charge in [-0.15, -0.1) is 11.6 Å². The standard InChI is InChI=1S/C12H15ClF3NO3S/c1-3-17(8-12(14,15)16)21(18,19)11-5-4-9(7-13)6-10(11)20-2/h4-6H,3,7-8H2,1-2H3. The molecule has 0 aliphatic carbocycles. The monoisotopic (exact) mass is 345 g/mol. The molecular weight excluding hydrogens is 331 g/mol. The summed E-state index contributed by atoms with van der Waals surface area (Å²) in [5.41, 5.74) is 0.603. The minimum absolute atomic E-state index is 0.0335. The fourth-order valence-corrected chi connectivity index (χ4v) is 3.45. The van der Waals surface area contributed by atoms with Crippen molar-refractivity contribution in [3.05, 3.63) is 23.8 Å². The molecule has 0 heterocycles. The van der Waals surface area contributed by atoms with E-state index < -0.39 is 22.7 Å². The molecule has 120 valence electrons. The first-order valence-electron chi connectivity index (χ1n) is 5.95. The molecule has 0 spiro atoms. The minimum atomic E-state index is -4.62. The van der Waals surface area contributed by atoms with E-state index in [0.717, 1.165) is 0 Å². The van der Waals surface area contributed by atoms with Crippen molar-refractivity contribution in [3.63, 3.8) is 0 Å². The number of benzene rings is 1. The number of hydrogen-bond donors (Lipinski definition) is 0. The molecule has 0 amide bonds. The zero-order valence-electron chi connectivity index (χ0n) is 11.4. The summed E-state index contributed by atoms with van der Waals surface area (Å²) in [5.74, 6) is 0.102. The number of ether oxygens (including phenoxy) is 1. The van der Waals surface area contributed by atoms with Crippen LogP contribution in [0.15, 0.2) is 23.1 Å². The molecule has 1 aromatic carbocycles. The predicted molar refractivity (Wildman–Crippen MR) is 73.0 cm³/mol. The molecule has 1 aromatic rings. The van der Waals surface area contributed by atoms with E-state index in [2.05, 4.69) is 0 Å². The Labute approximate surface area is 126 Å². The Morgan fingerprint density at radius 1 is 1.33 bits per heavy atom. The van der Waals surface area contributed by atoms with Gasteiger partial charge in [0.25, 0.3) is 0 Å². The minimum Gasteiger partial charge on any atom is -0.495 e. The lowest BCUT2D eigenvalue weighted by molar-refractivity contribution is -0.135. The second-order valence-electron chi connectivity index (χ2n) is 4.17. The fraction of sp³-hybridized carbons (Fsp3) is 0.500. The van der Waals surface area contributed by atoms with E-state index in [1.54, 1.807) is 0 Å². The second kappa shape index (κ2) is 6.85. The smallest absolute Gasteiger partial charge is 0.402 e. The van der Waals surface area contributed by atoms with Gasteiger partial charge >= 0.3 is 6.18 Å². The van der Waals surface area contributed by atoms with Crippen LogP contribution in [0.2, 0.25) is 0 Å². The molecule has 0 aliphatic rings. The van der Waals surface area contributed by atoms with Crippen LogP contribution in [-0.4, -0.2) is 39.1 Å². The summed E-state index contributed by atoms with van der Waals surface area (Å²) >= 11 is 5.64. The molecule has 0 fully saturated rings. The predicted octanol–water partition coefficient (Wildman–Crippen LogP) is 3.01. The Morgan fingerprint density at radius 3 is 2.38 bits per heavy atom. The van der Waals surface area contributed by atoms with Crippen molar-refractivity contribution in [2.75, 3.05) is 20.2 Å². The maximum Gasteiger partial charge on any atom is 0.402 e. The van der Waals surface area contributed by atoms with Crippen molar-refractivity contribution in [3.8, 4) is 5.75 Å². The average Bonchev–Trinajstić information content (AvgIpc) is 2.42. The van der Waals surface area contributed by atoms with Crippen molar-refractivity contribution in [1.82, 2.24) is 4.31 Å². The van der Waals surface area contributed by atoms with E-state index in [1.807, 2.05) is 0 Å². The molecule has 4 nitrogen and oxygen atoms in total. The van der Waals surface area contributed by atoms with Crippen LogP contribution < -0.4 is 4.74 Å². The average molecular weight is 346 g/mol. The summed E-state index contributed by atoms with van der Waals surface area (Å²) in [6.45, 7) is -0.516. The Kier molecular flexibility index (Phi) is 5.89. The quantitative estimate of drug-likeness (QED) is 0.745. The van der Waals surface area contributed by atoms with E-state index in [9.17, 15) is 21.6 Å². The molecule has 0 saturated heterocycles. The van der Waals surface area contributed by atoms with Crippen molar-refractivity contribution >= 4 is 21.6 Å². The summed E-state index contributed by atoms with van der Waals surface area (Å²) in [7, 11) is -3.06. The SMILES string of the molecule is CCN(CC(F)(F)F)S(=O)(=O)c1ccc(CCl)cc1OC. The number of methoxy groups -OCH3 is 1. The first-order valence-corrected chi connectivity index (χ1v) is 7.93. The maximum absolute atomic E-state index is 12.5. The van der Waals surface area contributed by atoms with Crippen LogP contribution in [0.1, 0.15) is 12.5 Å². The van der Waals surface area contributed by atoms with Crippen LogP contribution in [0, 0.1) is 0 Å². The van der Waals surface area contributed by atoms with Gasteiger partial charge in [-0.2, -0.15) is 17.5 Å². The first kappa shape index (κ1) is 18.1. The summed E-state index contributed by atoms with van der Waals surface area (Å²) in [6.07, 6.45) is -4.62. The molecule has 21 heavy (non-hydrogen) atoms. The molecule has 0 saturated carbocycles. The summed E-state index contributed by atoms with van der Waals surface area (Å²) < 4.78 is 67.4. The Bertz CT molecular complexity index is 590. The molecule has 0 atom stereocenters. The molecule has 1 rings (SSSR count). The third kappa shape index (κ3) is 4.49. The lowest BCUT2D eigenvalue weighted by Crippen LogP contribution is -2.38. The van der Waals surface area contributed by atoms with Crippen LogP contribution in [0.4, 0.5) is 13.2 Å². The van der Waals surface area contributed by atoms with Crippen molar-refractivity contribution in [1.29, 1.82) is 0 Å². The summed E-state index contributed by atoms with van der Waals surface area (Å²) in [5, 5.41) is 0. The molecule has 0 N–H and O–H groups in total. The highest BCUT2D eigenvalue weighted by Crippen LogP contribution is 2.30. The molecule has 0 unspecified atom stereocenters. The van der Waals surface area contributed by atoms with Gasteiger partial charge in [-0.3, -0.25) is 0 Å². The number of alkyl halides is 4. The fourth-order valence-electron chi connectivity index (χ4n) is 1.71. The van der Waals surface area contributed by atoms with Crippen LogP contribution in [0.25, 0.3) is 0 Å². The largest absolute Gasteiger partial charge is 0.495 e. The number of sulfonamides is 1. The van der Waals surface area contributed by atoms with Gasteiger partial charge < -0.3 is 4.74 Å². The summed E-state index contributed by atoms with van der Waals surface area (Å²) in [4.78, 5) is -0.315. The Balaban J connectivity index is 3.28. The maximum atomic E-state index is 12.5. The van der Waals surface area contributed by atoms with Gasteiger partial charge in [0.15, 0.2) is 0 Å². The summed E-state index contributed by atoms with van der Waals surface area (Å²) in [6, 6.07) is 4.02. The molecular formula is C12H15ClF3NO3S. The molecule has 0 aliphatic heterocycles. The van der Waals surface area contributed by atoms with Crippen molar-refractivity contribution in [2.24, 2.45) is 0 Å². The second-order valence-corrected chi connectivity index (χ2v) is 6.34. The normalized spacial score (nSPS) is 12.7. The van der Waals surface area contributed by atoms with Crippen LogP contribution in [0.3, 0.4) is 0 Å². The van der Waals surface area contributed by atoms with Gasteiger partial charge in [-0.1, -0.05) is 13.0 Å². The number of hydrogen-bond acceptors (Lipinski definition) is 3. The van der Waals surface area contributed by atoms with E-state index in [0.29, 0.717) is 9.87 Å². The van der Waals surface area contributed by atoms with E-state index in [1.165, 1.54) is 32.2 Å². The lowest BCUT2D eigenvalue weighted by atomic mass is 10.2. The van der Waals surface area contributed by atoms with E-state index >= 15 is 0 Å². The molecule has 0 bridgehead atoms. The van der Waals surface area contributed by atoms with Gasteiger partial charge in [0, 0.05) is 12.4 Å². The van der Waals surface area contributed by atoms with Crippen molar-refractivity contribution < 1.29 is 26.3 Å². The Hall–Kier alpha value is -0.990. The topological polar surface area (TPSA) is 46.6 Å². The van der Waals surface area contributed by atoms with Gasteiger partial charge in [-0.25, -0.2) is 8.42 Å². The highest BCUT2D eigenvalue weighted by Gasteiger charge is 2.37. The zero-order chi connectivity index (χ0) is 16.3. The Morgan fingerprint density at radius 2 is 1.95 bits per heavy atom. The number of rotatable bonds is 6. The third-order valence-corrected chi connectivity index (χ3v) is 4.98. The third-order valence-electron chi connectivity index (χ3n) is 2.71. The first-order chi connectivity index (χ1) is 9.65. The van der Waals surface area contributed by atoms with Crippen LogP contribution in [0.5, 0.6) is 5.75 Å². The lowest BCUT2D eigenvalue weighted by Gasteiger charge is -2.23. The van der Waals surface area contributed by atoms with E-state index in [4.69, 9.17) is 16.3 Å². The van der Waals surface area contributed by atoms with Gasteiger partial charge in [-0.05, 0) is 17.7 Å². The highest BCUT2D eigenvalue weighted by atomic mass is 35.5. The van der Waals surface area contributed by atoms with Gasteiger partial charge in [0.2, 0.25) is 10.0 Å². The molecule has 0 radical (unpaired) electrons. The van der Waals surface area contributed by atoms with Crippen LogP contribution >= 0.6 is 11.6 Å². The molecule has 0 aromatic heterocycles. The van der Waals surface area contributed by atoms with Crippen LogP contribution in [-0.2, 0) is 15.9 Å². The molecule has 9 heteroatoms. The zero-order valence-corrected chi connectivity index (χ0v) is 13.0. The van der Waals surface area contributed by atoms with Crippen molar-refractivity contribution in [2.45, 2.75) is 23.9 Å². The van der Waals surface area contributed by atoms with Gasteiger partial charge in [0.1, 0.15) is 17.2 Å². The van der Waals surface area contributed by atoms with E-state index in [-0.39, 0.29) is 23.1 Å².